The van der Waals surface area contributed by atoms with Crippen LogP contribution >= 0.6 is 11.3 Å². The molecule has 3 heterocycles. The lowest BCUT2D eigenvalue weighted by Crippen LogP contribution is -2.26. The molecular formula is C10H11N3O2S. The second-order valence-corrected chi connectivity index (χ2v) is 4.99. The van der Waals surface area contributed by atoms with E-state index in [4.69, 9.17) is 5.11 Å². The molecule has 0 radical (unpaired) electrons. The smallest absolute Gasteiger partial charge is 0.347 e. The SMILES string of the molecule is O=C(O)c1cnc(N2CC3=C(CNC3)C2)s1. The highest BCUT2D eigenvalue weighted by Crippen LogP contribution is 2.29. The van der Waals surface area contributed by atoms with Crippen molar-refractivity contribution < 1.29 is 9.90 Å². The molecular weight excluding hydrogens is 226 g/mol. The standard InChI is InChI=1S/C10H11N3O2S/c14-9(15)8-3-12-10(16-8)13-4-6-1-11-2-7(6)5-13/h3,11H,1-2,4-5H2,(H,14,15). The van der Waals surface area contributed by atoms with Crippen LogP contribution in [0.2, 0.25) is 0 Å². The van der Waals surface area contributed by atoms with E-state index in [-0.39, 0.29) is 0 Å². The van der Waals surface area contributed by atoms with Crippen molar-refractivity contribution >= 4 is 22.4 Å². The van der Waals surface area contributed by atoms with Gasteiger partial charge in [0.25, 0.3) is 0 Å². The summed E-state index contributed by atoms with van der Waals surface area (Å²) in [6.45, 7) is 3.69. The van der Waals surface area contributed by atoms with Crippen molar-refractivity contribution in [1.82, 2.24) is 10.3 Å². The van der Waals surface area contributed by atoms with E-state index >= 15 is 0 Å². The van der Waals surface area contributed by atoms with Crippen LogP contribution in [0.5, 0.6) is 0 Å². The Morgan fingerprint density at radius 1 is 1.44 bits per heavy atom. The van der Waals surface area contributed by atoms with Crippen molar-refractivity contribution in [3.63, 3.8) is 0 Å². The molecule has 1 aromatic rings. The first-order valence-electron chi connectivity index (χ1n) is 5.08. The maximum Gasteiger partial charge on any atom is 0.347 e. The minimum Gasteiger partial charge on any atom is -0.477 e. The summed E-state index contributed by atoms with van der Waals surface area (Å²) in [4.78, 5) is 17.4. The molecule has 6 heteroatoms. The molecule has 3 rings (SSSR count). The Hall–Kier alpha value is -1.40. The van der Waals surface area contributed by atoms with Crippen LogP contribution in [0.25, 0.3) is 0 Å². The van der Waals surface area contributed by atoms with Crippen molar-refractivity contribution in [3.05, 3.63) is 22.2 Å². The molecule has 16 heavy (non-hydrogen) atoms. The Balaban J connectivity index is 1.77. The van der Waals surface area contributed by atoms with Crippen molar-refractivity contribution in [1.29, 1.82) is 0 Å². The summed E-state index contributed by atoms with van der Waals surface area (Å²) in [5.41, 5.74) is 2.87. The Morgan fingerprint density at radius 3 is 2.69 bits per heavy atom. The molecule has 0 saturated carbocycles. The largest absolute Gasteiger partial charge is 0.477 e. The normalized spacial score (nSPS) is 19.4. The molecule has 0 aliphatic carbocycles. The quantitative estimate of drug-likeness (QED) is 0.736. The summed E-state index contributed by atoms with van der Waals surface area (Å²) in [6, 6.07) is 0. The Morgan fingerprint density at radius 2 is 2.12 bits per heavy atom. The number of nitrogens with zero attached hydrogens (tertiary/aromatic N) is 2. The summed E-state index contributed by atoms with van der Waals surface area (Å²) < 4.78 is 0. The zero-order valence-corrected chi connectivity index (χ0v) is 9.38. The Bertz CT molecular complexity index is 464. The number of carbonyl (C=O) groups is 1. The average Bonchev–Trinajstić information content (AvgIpc) is 2.91. The van der Waals surface area contributed by atoms with Gasteiger partial charge in [0, 0.05) is 26.2 Å². The number of carboxylic acid groups (broad SMARTS) is 1. The van der Waals surface area contributed by atoms with E-state index < -0.39 is 5.97 Å². The molecule has 2 N–H and O–H groups in total. The summed E-state index contributed by atoms with van der Waals surface area (Å²) in [5, 5.41) is 13.0. The summed E-state index contributed by atoms with van der Waals surface area (Å²) in [7, 11) is 0. The maximum atomic E-state index is 10.8. The molecule has 2 aliphatic heterocycles. The third-order valence-corrected chi connectivity index (χ3v) is 3.96. The zero-order valence-electron chi connectivity index (χ0n) is 8.56. The number of aromatic nitrogens is 1. The minimum atomic E-state index is -0.898. The molecule has 0 aromatic carbocycles. The lowest BCUT2D eigenvalue weighted by Gasteiger charge is -2.16. The van der Waals surface area contributed by atoms with Crippen molar-refractivity contribution in [2.75, 3.05) is 31.1 Å². The van der Waals surface area contributed by atoms with E-state index in [1.807, 2.05) is 0 Å². The monoisotopic (exact) mass is 237 g/mol. The van der Waals surface area contributed by atoms with Gasteiger partial charge < -0.3 is 15.3 Å². The first-order valence-corrected chi connectivity index (χ1v) is 5.90. The maximum absolute atomic E-state index is 10.8. The number of aromatic carboxylic acids is 1. The molecule has 5 nitrogen and oxygen atoms in total. The van der Waals surface area contributed by atoms with Crippen molar-refractivity contribution in [2.24, 2.45) is 0 Å². The molecule has 1 aromatic heterocycles. The highest BCUT2D eigenvalue weighted by molar-refractivity contribution is 7.17. The van der Waals surface area contributed by atoms with Gasteiger partial charge in [-0.3, -0.25) is 0 Å². The molecule has 0 bridgehead atoms. The van der Waals surface area contributed by atoms with Gasteiger partial charge in [-0.2, -0.15) is 0 Å². The van der Waals surface area contributed by atoms with Gasteiger partial charge in [0.2, 0.25) is 0 Å². The number of hydrogen-bond acceptors (Lipinski definition) is 5. The summed E-state index contributed by atoms with van der Waals surface area (Å²) in [5.74, 6) is -0.898. The van der Waals surface area contributed by atoms with Crippen molar-refractivity contribution in [3.8, 4) is 0 Å². The fourth-order valence-corrected chi connectivity index (χ4v) is 2.86. The second kappa shape index (κ2) is 3.57. The number of thiazole rings is 1. The average molecular weight is 237 g/mol. The van der Waals surface area contributed by atoms with Gasteiger partial charge in [-0.05, 0) is 11.1 Å². The van der Waals surface area contributed by atoms with Gasteiger partial charge in [-0.15, -0.1) is 0 Å². The zero-order chi connectivity index (χ0) is 11.1. The second-order valence-electron chi connectivity index (χ2n) is 3.98. The lowest BCUT2D eigenvalue weighted by molar-refractivity contribution is 0.0702. The van der Waals surface area contributed by atoms with Gasteiger partial charge in [-0.1, -0.05) is 11.3 Å². The fraction of sp³-hybridized carbons (Fsp3) is 0.400. The predicted molar refractivity (Wildman–Crippen MR) is 61.2 cm³/mol. The van der Waals surface area contributed by atoms with Crippen LogP contribution in [0, 0.1) is 0 Å². The van der Waals surface area contributed by atoms with Gasteiger partial charge in [0.1, 0.15) is 4.88 Å². The van der Waals surface area contributed by atoms with Gasteiger partial charge in [-0.25, -0.2) is 9.78 Å². The fourth-order valence-electron chi connectivity index (χ4n) is 2.11. The minimum absolute atomic E-state index is 0.306. The Kier molecular flexibility index (Phi) is 2.19. The molecule has 84 valence electrons. The van der Waals surface area contributed by atoms with Crippen LogP contribution in [0.4, 0.5) is 5.13 Å². The van der Waals surface area contributed by atoms with E-state index in [1.165, 1.54) is 28.7 Å². The van der Waals surface area contributed by atoms with Crippen LogP contribution < -0.4 is 10.2 Å². The summed E-state index contributed by atoms with van der Waals surface area (Å²) in [6.07, 6.45) is 1.43. The third-order valence-electron chi connectivity index (χ3n) is 2.92. The lowest BCUT2D eigenvalue weighted by atomic mass is 10.2. The first kappa shape index (κ1) is 9.80. The van der Waals surface area contributed by atoms with Crippen LogP contribution in [-0.4, -0.2) is 42.2 Å². The number of rotatable bonds is 2. The molecule has 0 amide bonds. The highest BCUT2D eigenvalue weighted by atomic mass is 32.1. The molecule has 0 fully saturated rings. The summed E-state index contributed by atoms with van der Waals surface area (Å²) >= 11 is 1.25. The van der Waals surface area contributed by atoms with Crippen LogP contribution in [0.1, 0.15) is 9.67 Å². The van der Waals surface area contributed by atoms with E-state index in [9.17, 15) is 4.79 Å². The topological polar surface area (TPSA) is 65.5 Å². The van der Waals surface area contributed by atoms with E-state index in [1.54, 1.807) is 0 Å². The Labute approximate surface area is 96.4 Å². The number of nitrogens with one attached hydrogen (secondary N) is 1. The van der Waals surface area contributed by atoms with Gasteiger partial charge in [0.15, 0.2) is 5.13 Å². The molecule has 2 aliphatic rings. The number of anilines is 1. The van der Waals surface area contributed by atoms with E-state index in [0.29, 0.717) is 4.88 Å². The van der Waals surface area contributed by atoms with Gasteiger partial charge >= 0.3 is 5.97 Å². The van der Waals surface area contributed by atoms with Crippen LogP contribution in [-0.2, 0) is 0 Å². The van der Waals surface area contributed by atoms with E-state index in [2.05, 4.69) is 15.2 Å². The number of hydrogen-bond donors (Lipinski definition) is 2. The molecule has 0 saturated heterocycles. The molecule has 0 spiro atoms. The van der Waals surface area contributed by atoms with Crippen molar-refractivity contribution in [2.45, 2.75) is 0 Å². The van der Waals surface area contributed by atoms with E-state index in [0.717, 1.165) is 31.3 Å². The van der Waals surface area contributed by atoms with Crippen LogP contribution in [0.3, 0.4) is 0 Å². The number of carboxylic acids is 1. The van der Waals surface area contributed by atoms with Gasteiger partial charge in [0.05, 0.1) is 6.20 Å². The van der Waals surface area contributed by atoms with Crippen LogP contribution in [0.15, 0.2) is 17.3 Å². The first-order chi connectivity index (χ1) is 7.74. The molecule has 0 unspecified atom stereocenters. The third kappa shape index (κ3) is 1.50. The molecule has 0 atom stereocenters. The predicted octanol–water partition coefficient (Wildman–Crippen LogP) is 0.561. The highest BCUT2D eigenvalue weighted by Gasteiger charge is 2.27.